The van der Waals surface area contributed by atoms with Crippen molar-refractivity contribution in [2.75, 3.05) is 17.8 Å². The van der Waals surface area contributed by atoms with Gasteiger partial charge in [0, 0.05) is 11.5 Å². The van der Waals surface area contributed by atoms with Crippen LogP contribution in [0.1, 0.15) is 5.69 Å². The molecule has 0 aromatic carbocycles. The van der Waals surface area contributed by atoms with Crippen LogP contribution < -0.4 is 11.3 Å². The largest absolute Gasteiger partial charge is 0.394 e. The van der Waals surface area contributed by atoms with Crippen molar-refractivity contribution in [2.45, 2.75) is 11.9 Å². The van der Waals surface area contributed by atoms with Crippen LogP contribution in [-0.4, -0.2) is 33.7 Å². The van der Waals surface area contributed by atoms with Gasteiger partial charge in [0.1, 0.15) is 5.82 Å². The summed E-state index contributed by atoms with van der Waals surface area (Å²) < 4.78 is 0. The van der Waals surface area contributed by atoms with Gasteiger partial charge in [0.15, 0.2) is 0 Å². The Morgan fingerprint density at radius 2 is 2.33 bits per heavy atom. The van der Waals surface area contributed by atoms with Crippen molar-refractivity contribution in [1.82, 2.24) is 4.98 Å². The van der Waals surface area contributed by atoms with E-state index in [1.807, 2.05) is 12.1 Å². The molecule has 5 N–H and O–H groups in total. The minimum Gasteiger partial charge on any atom is -0.394 e. The highest BCUT2D eigenvalue weighted by Gasteiger charge is 2.02. The van der Waals surface area contributed by atoms with Crippen molar-refractivity contribution >= 4 is 17.6 Å². The van der Waals surface area contributed by atoms with Gasteiger partial charge in [-0.3, -0.25) is 0 Å². The zero-order valence-corrected chi connectivity index (χ0v) is 9.07. The molecule has 0 amide bonds. The zero-order valence-electron chi connectivity index (χ0n) is 8.26. The highest BCUT2D eigenvalue weighted by molar-refractivity contribution is 7.98. The van der Waals surface area contributed by atoms with Crippen LogP contribution in [0.15, 0.2) is 18.2 Å². The first kappa shape index (κ1) is 12.3. The van der Waals surface area contributed by atoms with Crippen LogP contribution in [0.5, 0.6) is 0 Å². The molecule has 1 heterocycles. The van der Waals surface area contributed by atoms with Crippen molar-refractivity contribution in [1.29, 1.82) is 0 Å². The third-order valence-corrected chi connectivity index (χ3v) is 2.85. The Hall–Kier alpha value is -0.820. The highest BCUT2D eigenvalue weighted by Crippen LogP contribution is 2.12. The lowest BCUT2D eigenvalue weighted by Crippen LogP contribution is -2.14. The smallest absolute Gasteiger partial charge is 0.140 e. The molecule has 1 aromatic rings. The van der Waals surface area contributed by atoms with Gasteiger partial charge in [-0.25, -0.2) is 10.8 Å². The number of pyridine rings is 1. The number of thioether (sulfide) groups is 1. The first-order chi connectivity index (χ1) is 7.26. The molecule has 1 rings (SSSR count). The van der Waals surface area contributed by atoms with Crippen LogP contribution in [0.25, 0.3) is 0 Å². The van der Waals surface area contributed by atoms with Gasteiger partial charge in [0.25, 0.3) is 0 Å². The van der Waals surface area contributed by atoms with Gasteiger partial charge in [0.05, 0.1) is 18.4 Å². The number of aromatic nitrogens is 1. The molecule has 0 aliphatic heterocycles. The third-order valence-electron chi connectivity index (χ3n) is 1.73. The second kappa shape index (κ2) is 6.62. The predicted molar refractivity (Wildman–Crippen MR) is 61.3 cm³/mol. The van der Waals surface area contributed by atoms with Gasteiger partial charge < -0.3 is 15.6 Å². The summed E-state index contributed by atoms with van der Waals surface area (Å²) in [5.74, 6) is 7.03. The summed E-state index contributed by atoms with van der Waals surface area (Å²) in [6.45, 7) is -0.204. The monoisotopic (exact) mass is 229 g/mol. The summed E-state index contributed by atoms with van der Waals surface area (Å²) in [6, 6.07) is 5.52. The number of nitrogens with zero attached hydrogens (tertiary/aromatic N) is 1. The molecule has 0 bridgehead atoms. The number of nitrogens with one attached hydrogen (secondary N) is 1. The Morgan fingerprint density at radius 1 is 1.53 bits per heavy atom. The maximum absolute atomic E-state index is 9.11. The van der Waals surface area contributed by atoms with E-state index >= 15 is 0 Å². The van der Waals surface area contributed by atoms with Crippen molar-refractivity contribution in [2.24, 2.45) is 5.84 Å². The number of aliphatic hydroxyl groups excluding tert-OH is 2. The van der Waals surface area contributed by atoms with E-state index < -0.39 is 6.10 Å². The fraction of sp³-hybridized carbons (Fsp3) is 0.444. The van der Waals surface area contributed by atoms with E-state index in [0.29, 0.717) is 17.3 Å². The summed E-state index contributed by atoms with van der Waals surface area (Å²) >= 11 is 1.52. The fourth-order valence-corrected chi connectivity index (χ4v) is 1.86. The van der Waals surface area contributed by atoms with E-state index in [1.54, 1.807) is 6.07 Å². The number of hydrogen-bond donors (Lipinski definition) is 4. The predicted octanol–water partition coefficient (Wildman–Crippen LogP) is -0.0464. The number of nitrogens with two attached hydrogens (primary N) is 1. The number of anilines is 1. The topological polar surface area (TPSA) is 91.4 Å². The first-order valence-electron chi connectivity index (χ1n) is 4.55. The molecule has 84 valence electrons. The first-order valence-corrected chi connectivity index (χ1v) is 5.71. The Labute approximate surface area is 92.7 Å². The highest BCUT2D eigenvalue weighted by atomic mass is 32.2. The summed E-state index contributed by atoms with van der Waals surface area (Å²) in [5.41, 5.74) is 3.36. The lowest BCUT2D eigenvalue weighted by atomic mass is 10.4. The average Bonchev–Trinajstić information content (AvgIpc) is 2.29. The number of hydrogen-bond acceptors (Lipinski definition) is 6. The number of nitrogen functional groups attached to an aromatic ring is 1. The zero-order chi connectivity index (χ0) is 11.1. The van der Waals surface area contributed by atoms with E-state index in [9.17, 15) is 0 Å². The van der Waals surface area contributed by atoms with E-state index in [1.165, 1.54) is 11.8 Å². The van der Waals surface area contributed by atoms with Crippen molar-refractivity contribution < 1.29 is 10.2 Å². The number of rotatable bonds is 6. The van der Waals surface area contributed by atoms with E-state index in [2.05, 4.69) is 10.4 Å². The Bertz CT molecular complexity index is 298. The molecule has 0 radical (unpaired) electrons. The molecule has 1 atom stereocenters. The van der Waals surface area contributed by atoms with Crippen molar-refractivity contribution in [3.05, 3.63) is 23.9 Å². The Kier molecular flexibility index (Phi) is 5.41. The quantitative estimate of drug-likeness (QED) is 0.404. The standard InChI is InChI=1S/C9H15N3O2S/c10-12-9-3-1-2-7(11-9)5-15-6-8(14)4-13/h1-3,8,13-14H,4-6,10H2,(H,11,12). The molecular weight excluding hydrogens is 214 g/mol. The number of aliphatic hydroxyl groups is 2. The molecule has 15 heavy (non-hydrogen) atoms. The molecule has 0 saturated heterocycles. The van der Waals surface area contributed by atoms with Crippen LogP contribution in [0.3, 0.4) is 0 Å². The molecule has 1 unspecified atom stereocenters. The second-order valence-electron chi connectivity index (χ2n) is 3.01. The molecular formula is C9H15N3O2S. The van der Waals surface area contributed by atoms with Crippen LogP contribution in [0, 0.1) is 0 Å². The van der Waals surface area contributed by atoms with Gasteiger partial charge in [-0.2, -0.15) is 11.8 Å². The van der Waals surface area contributed by atoms with Gasteiger partial charge in [0.2, 0.25) is 0 Å². The average molecular weight is 229 g/mol. The maximum Gasteiger partial charge on any atom is 0.140 e. The summed E-state index contributed by atoms with van der Waals surface area (Å²) in [7, 11) is 0. The van der Waals surface area contributed by atoms with Crippen LogP contribution in [0.2, 0.25) is 0 Å². The SMILES string of the molecule is NNc1cccc(CSCC(O)CO)n1. The van der Waals surface area contributed by atoms with Gasteiger partial charge in [-0.05, 0) is 12.1 Å². The minimum absolute atomic E-state index is 0.204. The van der Waals surface area contributed by atoms with Crippen molar-refractivity contribution in [3.8, 4) is 0 Å². The Morgan fingerprint density at radius 3 is 3.00 bits per heavy atom. The summed E-state index contributed by atoms with van der Waals surface area (Å²) in [6.07, 6.45) is -0.661. The summed E-state index contributed by atoms with van der Waals surface area (Å²) in [5, 5.41) is 17.7. The van der Waals surface area contributed by atoms with Gasteiger partial charge in [-0.1, -0.05) is 6.07 Å². The van der Waals surface area contributed by atoms with Crippen LogP contribution in [0.4, 0.5) is 5.82 Å². The molecule has 0 fully saturated rings. The molecule has 6 heteroatoms. The molecule has 0 spiro atoms. The van der Waals surface area contributed by atoms with E-state index in [-0.39, 0.29) is 6.61 Å². The summed E-state index contributed by atoms with van der Waals surface area (Å²) in [4.78, 5) is 4.21. The van der Waals surface area contributed by atoms with E-state index in [4.69, 9.17) is 16.1 Å². The van der Waals surface area contributed by atoms with Gasteiger partial charge >= 0.3 is 0 Å². The van der Waals surface area contributed by atoms with E-state index in [0.717, 1.165) is 5.69 Å². The maximum atomic E-state index is 9.11. The molecule has 0 saturated carbocycles. The minimum atomic E-state index is -0.661. The second-order valence-corrected chi connectivity index (χ2v) is 4.04. The molecule has 1 aromatic heterocycles. The third kappa shape index (κ3) is 4.48. The number of hydrazine groups is 1. The lowest BCUT2D eigenvalue weighted by molar-refractivity contribution is 0.113. The van der Waals surface area contributed by atoms with Crippen LogP contribution in [-0.2, 0) is 5.75 Å². The normalized spacial score (nSPS) is 12.5. The molecule has 0 aliphatic carbocycles. The molecule has 0 aliphatic rings. The lowest BCUT2D eigenvalue weighted by Gasteiger charge is -2.06. The van der Waals surface area contributed by atoms with Crippen molar-refractivity contribution in [3.63, 3.8) is 0 Å². The molecule has 5 nitrogen and oxygen atoms in total. The van der Waals surface area contributed by atoms with Crippen LogP contribution >= 0.6 is 11.8 Å². The van der Waals surface area contributed by atoms with Gasteiger partial charge in [-0.15, -0.1) is 0 Å². The fourth-order valence-electron chi connectivity index (χ4n) is 0.993. The Balaban J connectivity index is 2.37.